The third-order valence-electron chi connectivity index (χ3n) is 5.60. The SMILES string of the molecule is CCN(CC)CCN1C[C@@H](C(=O)NCc2ccco2)C[C@H]2OCC[C@H]21. The minimum Gasteiger partial charge on any atom is -0.467 e. The first kappa shape index (κ1) is 18.4. The number of amides is 1. The van der Waals surface area contributed by atoms with Gasteiger partial charge in [-0.25, -0.2) is 0 Å². The van der Waals surface area contributed by atoms with E-state index in [9.17, 15) is 4.79 Å². The van der Waals surface area contributed by atoms with Crippen LogP contribution in [0.25, 0.3) is 0 Å². The quantitative estimate of drug-likeness (QED) is 0.774. The van der Waals surface area contributed by atoms with Crippen molar-refractivity contribution in [2.75, 3.05) is 39.3 Å². The number of likely N-dealkylation sites (N-methyl/N-ethyl adjacent to an activating group) is 1. The number of hydrogen-bond acceptors (Lipinski definition) is 5. The molecule has 2 aliphatic heterocycles. The fourth-order valence-electron chi connectivity index (χ4n) is 4.04. The minimum atomic E-state index is -0.00832. The predicted octanol–water partition coefficient (Wildman–Crippen LogP) is 1.72. The summed E-state index contributed by atoms with van der Waals surface area (Å²) >= 11 is 0. The summed E-state index contributed by atoms with van der Waals surface area (Å²) in [5.74, 6) is 0.891. The molecule has 3 atom stereocenters. The molecule has 0 radical (unpaired) electrons. The number of nitrogens with zero attached hydrogens (tertiary/aromatic N) is 2. The Morgan fingerprint density at radius 1 is 1.40 bits per heavy atom. The van der Waals surface area contributed by atoms with E-state index in [2.05, 4.69) is 29.0 Å². The molecule has 1 aromatic heterocycles. The summed E-state index contributed by atoms with van der Waals surface area (Å²) in [6.07, 6.45) is 3.75. The lowest BCUT2D eigenvalue weighted by Crippen LogP contribution is -2.54. The highest BCUT2D eigenvalue weighted by atomic mass is 16.5. The standard InChI is InChI=1S/C19H31N3O3/c1-3-21(4-2)8-9-22-14-15(12-18-17(22)7-11-25-18)19(23)20-13-16-6-5-10-24-16/h5-6,10,15,17-18H,3-4,7-9,11-14H2,1-2H3,(H,20,23)/t15-,17+,18+/m0/s1. The van der Waals surface area contributed by atoms with Crippen LogP contribution in [-0.2, 0) is 16.1 Å². The first-order valence-electron chi connectivity index (χ1n) is 9.59. The van der Waals surface area contributed by atoms with Crippen molar-refractivity contribution in [1.82, 2.24) is 15.1 Å². The Bertz CT molecular complexity index is 530. The normalized spacial score (nSPS) is 26.8. The van der Waals surface area contributed by atoms with Crippen LogP contribution >= 0.6 is 0 Å². The van der Waals surface area contributed by atoms with Crippen LogP contribution in [-0.4, -0.2) is 67.2 Å². The number of hydrogen-bond donors (Lipinski definition) is 1. The maximum Gasteiger partial charge on any atom is 0.224 e. The van der Waals surface area contributed by atoms with Crippen LogP contribution in [0.2, 0.25) is 0 Å². The number of nitrogens with one attached hydrogen (secondary N) is 1. The molecule has 140 valence electrons. The van der Waals surface area contributed by atoms with Crippen molar-refractivity contribution in [2.45, 2.75) is 45.4 Å². The predicted molar refractivity (Wildman–Crippen MR) is 96.2 cm³/mol. The van der Waals surface area contributed by atoms with Crippen LogP contribution in [0.15, 0.2) is 22.8 Å². The number of piperidine rings is 1. The van der Waals surface area contributed by atoms with Crippen molar-refractivity contribution in [1.29, 1.82) is 0 Å². The van der Waals surface area contributed by atoms with E-state index in [-0.39, 0.29) is 17.9 Å². The number of rotatable bonds is 8. The molecular weight excluding hydrogens is 318 g/mol. The molecule has 6 nitrogen and oxygen atoms in total. The molecule has 0 bridgehead atoms. The Morgan fingerprint density at radius 2 is 2.24 bits per heavy atom. The molecule has 3 heterocycles. The Labute approximate surface area is 150 Å². The summed E-state index contributed by atoms with van der Waals surface area (Å²) < 4.78 is 11.2. The molecule has 2 saturated heterocycles. The average molecular weight is 349 g/mol. The topological polar surface area (TPSA) is 58.0 Å². The second-order valence-electron chi connectivity index (χ2n) is 7.02. The Morgan fingerprint density at radius 3 is 2.96 bits per heavy atom. The van der Waals surface area contributed by atoms with E-state index in [1.54, 1.807) is 6.26 Å². The molecule has 25 heavy (non-hydrogen) atoms. The average Bonchev–Trinajstić information content (AvgIpc) is 3.31. The maximum atomic E-state index is 12.6. The molecule has 0 unspecified atom stereocenters. The smallest absolute Gasteiger partial charge is 0.224 e. The fourth-order valence-corrected chi connectivity index (χ4v) is 4.04. The van der Waals surface area contributed by atoms with Crippen LogP contribution in [0, 0.1) is 5.92 Å². The molecule has 6 heteroatoms. The lowest BCUT2D eigenvalue weighted by atomic mass is 9.89. The first-order chi connectivity index (χ1) is 12.2. The van der Waals surface area contributed by atoms with E-state index >= 15 is 0 Å². The Hall–Kier alpha value is -1.37. The van der Waals surface area contributed by atoms with Crippen LogP contribution in [0.3, 0.4) is 0 Å². The van der Waals surface area contributed by atoms with Crippen molar-refractivity contribution < 1.29 is 13.9 Å². The molecule has 0 saturated carbocycles. The van der Waals surface area contributed by atoms with Crippen LogP contribution in [0.5, 0.6) is 0 Å². The number of furan rings is 1. The molecular formula is C19H31N3O3. The van der Waals surface area contributed by atoms with Gasteiger partial charge in [0, 0.05) is 32.3 Å². The lowest BCUT2D eigenvalue weighted by Gasteiger charge is -2.41. The molecule has 1 N–H and O–H groups in total. The van der Waals surface area contributed by atoms with E-state index < -0.39 is 0 Å². The van der Waals surface area contributed by atoms with Gasteiger partial charge in [0.2, 0.25) is 5.91 Å². The summed E-state index contributed by atoms with van der Waals surface area (Å²) in [4.78, 5) is 17.6. The maximum absolute atomic E-state index is 12.6. The second-order valence-corrected chi connectivity index (χ2v) is 7.02. The van der Waals surface area contributed by atoms with Gasteiger partial charge in [0.15, 0.2) is 0 Å². The second kappa shape index (κ2) is 8.83. The first-order valence-corrected chi connectivity index (χ1v) is 9.59. The van der Waals surface area contributed by atoms with Crippen molar-refractivity contribution in [3.8, 4) is 0 Å². The largest absolute Gasteiger partial charge is 0.467 e. The van der Waals surface area contributed by atoms with Crippen molar-refractivity contribution >= 4 is 5.91 Å². The van der Waals surface area contributed by atoms with Gasteiger partial charge in [0.1, 0.15) is 5.76 Å². The third kappa shape index (κ3) is 4.63. The van der Waals surface area contributed by atoms with Crippen molar-refractivity contribution in [2.24, 2.45) is 5.92 Å². The zero-order chi connectivity index (χ0) is 17.6. The summed E-state index contributed by atoms with van der Waals surface area (Å²) in [7, 11) is 0. The van der Waals surface area contributed by atoms with E-state index in [1.807, 2.05) is 12.1 Å². The molecule has 0 spiro atoms. The van der Waals surface area contributed by atoms with E-state index in [0.717, 1.165) is 57.9 Å². The van der Waals surface area contributed by atoms with Gasteiger partial charge in [0.05, 0.1) is 24.8 Å². The summed E-state index contributed by atoms with van der Waals surface area (Å²) in [6.45, 7) is 10.7. The molecule has 2 fully saturated rings. The highest BCUT2D eigenvalue weighted by Crippen LogP contribution is 2.31. The van der Waals surface area contributed by atoms with Gasteiger partial charge >= 0.3 is 0 Å². The number of likely N-dealkylation sites (tertiary alicyclic amines) is 1. The van der Waals surface area contributed by atoms with Crippen LogP contribution in [0.4, 0.5) is 0 Å². The summed E-state index contributed by atoms with van der Waals surface area (Å²) in [6, 6.07) is 4.20. The van der Waals surface area contributed by atoms with Gasteiger partial charge in [-0.1, -0.05) is 13.8 Å². The van der Waals surface area contributed by atoms with Crippen LogP contribution in [0.1, 0.15) is 32.4 Å². The zero-order valence-corrected chi connectivity index (χ0v) is 15.4. The van der Waals surface area contributed by atoms with E-state index in [1.165, 1.54) is 0 Å². The van der Waals surface area contributed by atoms with Gasteiger partial charge in [-0.15, -0.1) is 0 Å². The monoisotopic (exact) mass is 349 g/mol. The minimum absolute atomic E-state index is 0.00832. The summed E-state index contributed by atoms with van der Waals surface area (Å²) in [5.41, 5.74) is 0. The molecule has 3 rings (SSSR count). The zero-order valence-electron chi connectivity index (χ0n) is 15.4. The van der Waals surface area contributed by atoms with Crippen LogP contribution < -0.4 is 5.32 Å². The van der Waals surface area contributed by atoms with Gasteiger partial charge in [-0.05, 0) is 38.1 Å². The van der Waals surface area contributed by atoms with E-state index in [0.29, 0.717) is 12.6 Å². The molecule has 1 aromatic rings. The number of fused-ring (bicyclic) bond motifs is 1. The Balaban J connectivity index is 1.56. The van der Waals surface area contributed by atoms with Gasteiger partial charge < -0.3 is 19.4 Å². The number of ether oxygens (including phenoxy) is 1. The summed E-state index contributed by atoms with van der Waals surface area (Å²) in [5, 5.41) is 3.02. The molecule has 2 aliphatic rings. The van der Waals surface area contributed by atoms with E-state index in [4.69, 9.17) is 9.15 Å². The highest BCUT2D eigenvalue weighted by Gasteiger charge is 2.42. The molecule has 0 aromatic carbocycles. The fraction of sp³-hybridized carbons (Fsp3) is 0.737. The third-order valence-corrected chi connectivity index (χ3v) is 5.60. The van der Waals surface area contributed by atoms with Gasteiger partial charge in [-0.2, -0.15) is 0 Å². The highest BCUT2D eigenvalue weighted by molar-refractivity contribution is 5.79. The van der Waals surface area contributed by atoms with Crippen molar-refractivity contribution in [3.05, 3.63) is 24.2 Å². The van der Waals surface area contributed by atoms with Gasteiger partial charge in [-0.3, -0.25) is 9.69 Å². The van der Waals surface area contributed by atoms with Crippen molar-refractivity contribution in [3.63, 3.8) is 0 Å². The lowest BCUT2D eigenvalue weighted by molar-refractivity contribution is -0.129. The van der Waals surface area contributed by atoms with Gasteiger partial charge in [0.25, 0.3) is 0 Å². The number of carbonyl (C=O) groups excluding carboxylic acids is 1. The molecule has 1 amide bonds. The Kier molecular flexibility index (Phi) is 6.51. The molecule has 0 aliphatic carbocycles. The number of carbonyl (C=O) groups is 1.